The van der Waals surface area contributed by atoms with Crippen LogP contribution in [-0.2, 0) is 11.3 Å². The molecule has 2 N–H and O–H groups in total. The number of halogens is 1. The summed E-state index contributed by atoms with van der Waals surface area (Å²) in [6, 6.07) is 5.76. The topological polar surface area (TPSA) is 69.6 Å². The minimum Gasteiger partial charge on any atom is -0.356 e. The van der Waals surface area contributed by atoms with Crippen molar-refractivity contribution in [3.63, 3.8) is 0 Å². The van der Waals surface area contributed by atoms with Gasteiger partial charge in [-0.05, 0) is 12.1 Å². The Morgan fingerprint density at radius 1 is 1.35 bits per heavy atom. The number of carbonyl (C=O) groups is 1. The highest BCUT2D eigenvalue weighted by molar-refractivity contribution is 14.0. The number of rotatable bonds is 5. The van der Waals surface area contributed by atoms with Crippen molar-refractivity contribution in [2.24, 2.45) is 4.99 Å². The lowest BCUT2D eigenvalue weighted by atomic mass is 10.3. The number of hydrogen-bond acceptors (Lipinski definition) is 3. The molecule has 0 spiro atoms. The number of carbonyl (C=O) groups excluding carboxylic acids is 1. The Balaban J connectivity index is 0.00000361. The fourth-order valence-electron chi connectivity index (χ4n) is 1.41. The Kier molecular flexibility index (Phi) is 9.69. The average molecular weight is 391 g/mol. The highest BCUT2D eigenvalue weighted by atomic mass is 127. The minimum atomic E-state index is 0. The minimum absolute atomic E-state index is 0. The molecule has 1 aromatic heterocycles. The number of aromatic nitrogens is 1. The Labute approximate surface area is 137 Å². The maximum Gasteiger partial charge on any atom is 0.223 e. The van der Waals surface area contributed by atoms with Gasteiger partial charge in [0.2, 0.25) is 5.91 Å². The van der Waals surface area contributed by atoms with Crippen molar-refractivity contribution in [1.29, 1.82) is 0 Å². The molecule has 0 saturated heterocycles. The second-order valence-electron chi connectivity index (χ2n) is 4.21. The Morgan fingerprint density at radius 2 is 2.10 bits per heavy atom. The quantitative estimate of drug-likeness (QED) is 0.444. The molecule has 0 aliphatic carbocycles. The van der Waals surface area contributed by atoms with Gasteiger partial charge in [-0.15, -0.1) is 24.0 Å². The van der Waals surface area contributed by atoms with E-state index in [1.54, 1.807) is 32.2 Å². The van der Waals surface area contributed by atoms with Crippen LogP contribution in [-0.4, -0.2) is 49.4 Å². The molecule has 0 atom stereocenters. The smallest absolute Gasteiger partial charge is 0.223 e. The van der Waals surface area contributed by atoms with Crippen molar-refractivity contribution in [1.82, 2.24) is 20.5 Å². The average Bonchev–Trinajstić information content (AvgIpc) is 2.43. The normalized spacial score (nSPS) is 10.4. The van der Waals surface area contributed by atoms with Crippen molar-refractivity contribution in [3.05, 3.63) is 30.1 Å². The molecule has 0 bridgehead atoms. The SMILES string of the molecule is CN=C(NCCC(=O)N(C)C)NCc1ccccn1.I. The van der Waals surface area contributed by atoms with Crippen LogP contribution in [0.3, 0.4) is 0 Å². The molecule has 0 unspecified atom stereocenters. The van der Waals surface area contributed by atoms with Gasteiger partial charge in [0.15, 0.2) is 5.96 Å². The summed E-state index contributed by atoms with van der Waals surface area (Å²) < 4.78 is 0. The summed E-state index contributed by atoms with van der Waals surface area (Å²) in [5.41, 5.74) is 0.940. The first-order chi connectivity index (χ1) is 9.13. The molecular formula is C13H22IN5O. The molecule has 1 amide bonds. The van der Waals surface area contributed by atoms with Gasteiger partial charge in [0, 0.05) is 40.3 Å². The van der Waals surface area contributed by atoms with Crippen LogP contribution < -0.4 is 10.6 Å². The van der Waals surface area contributed by atoms with E-state index in [1.807, 2.05) is 18.2 Å². The van der Waals surface area contributed by atoms with Crippen molar-refractivity contribution in [2.45, 2.75) is 13.0 Å². The first-order valence-electron chi connectivity index (χ1n) is 6.18. The molecule has 0 aliphatic heterocycles. The second-order valence-corrected chi connectivity index (χ2v) is 4.21. The number of nitrogens with zero attached hydrogens (tertiary/aromatic N) is 3. The summed E-state index contributed by atoms with van der Waals surface area (Å²) in [5, 5.41) is 6.23. The fraction of sp³-hybridized carbons (Fsp3) is 0.462. The highest BCUT2D eigenvalue weighted by Gasteiger charge is 2.04. The van der Waals surface area contributed by atoms with E-state index in [2.05, 4.69) is 20.6 Å². The van der Waals surface area contributed by atoms with Gasteiger partial charge in [0.25, 0.3) is 0 Å². The summed E-state index contributed by atoms with van der Waals surface area (Å²) in [6.45, 7) is 1.15. The molecule has 6 nitrogen and oxygen atoms in total. The molecule has 0 aliphatic rings. The van der Waals surface area contributed by atoms with Crippen LogP contribution in [0, 0.1) is 0 Å². The molecule has 7 heteroatoms. The lowest BCUT2D eigenvalue weighted by molar-refractivity contribution is -0.128. The van der Waals surface area contributed by atoms with Gasteiger partial charge in [0.1, 0.15) is 0 Å². The fourth-order valence-corrected chi connectivity index (χ4v) is 1.41. The van der Waals surface area contributed by atoms with Crippen LogP contribution in [0.4, 0.5) is 0 Å². The molecule has 0 radical (unpaired) electrons. The third kappa shape index (κ3) is 7.27. The van der Waals surface area contributed by atoms with E-state index in [1.165, 1.54) is 0 Å². The predicted octanol–water partition coefficient (Wildman–Crippen LogP) is 0.843. The predicted molar refractivity (Wildman–Crippen MR) is 91.2 cm³/mol. The number of hydrogen-bond donors (Lipinski definition) is 2. The zero-order chi connectivity index (χ0) is 14.1. The van der Waals surface area contributed by atoms with Crippen LogP contribution in [0.15, 0.2) is 29.4 Å². The van der Waals surface area contributed by atoms with Crippen molar-refractivity contribution < 1.29 is 4.79 Å². The van der Waals surface area contributed by atoms with Crippen LogP contribution in [0.1, 0.15) is 12.1 Å². The van der Waals surface area contributed by atoms with E-state index in [0.29, 0.717) is 25.5 Å². The van der Waals surface area contributed by atoms with Gasteiger partial charge >= 0.3 is 0 Å². The third-order valence-corrected chi connectivity index (χ3v) is 2.52. The zero-order valence-electron chi connectivity index (χ0n) is 12.1. The molecule has 0 aromatic carbocycles. The van der Waals surface area contributed by atoms with E-state index in [9.17, 15) is 4.79 Å². The third-order valence-electron chi connectivity index (χ3n) is 2.52. The van der Waals surface area contributed by atoms with E-state index >= 15 is 0 Å². The molecule has 0 saturated carbocycles. The van der Waals surface area contributed by atoms with Crippen LogP contribution in [0.2, 0.25) is 0 Å². The van der Waals surface area contributed by atoms with Crippen molar-refractivity contribution >= 4 is 35.8 Å². The standard InChI is InChI=1S/C13H21N5O.HI/c1-14-13(16-9-7-12(19)18(2)3)17-10-11-6-4-5-8-15-11;/h4-6,8H,7,9-10H2,1-3H3,(H2,14,16,17);1H. The number of pyridine rings is 1. The molecule has 1 rings (SSSR count). The van der Waals surface area contributed by atoms with Gasteiger partial charge in [-0.25, -0.2) is 0 Å². The Bertz CT molecular complexity index is 422. The van der Waals surface area contributed by atoms with E-state index in [-0.39, 0.29) is 29.9 Å². The van der Waals surface area contributed by atoms with Gasteiger partial charge in [-0.3, -0.25) is 14.8 Å². The monoisotopic (exact) mass is 391 g/mol. The lowest BCUT2D eigenvalue weighted by Crippen LogP contribution is -2.38. The summed E-state index contributed by atoms with van der Waals surface area (Å²) >= 11 is 0. The van der Waals surface area contributed by atoms with Crippen LogP contribution in [0.5, 0.6) is 0 Å². The Morgan fingerprint density at radius 3 is 2.65 bits per heavy atom. The first-order valence-corrected chi connectivity index (χ1v) is 6.18. The van der Waals surface area contributed by atoms with Crippen molar-refractivity contribution in [2.75, 3.05) is 27.7 Å². The van der Waals surface area contributed by atoms with E-state index in [0.717, 1.165) is 5.69 Å². The lowest BCUT2D eigenvalue weighted by Gasteiger charge is -2.13. The van der Waals surface area contributed by atoms with E-state index in [4.69, 9.17) is 0 Å². The first kappa shape index (κ1) is 18.6. The maximum absolute atomic E-state index is 11.4. The summed E-state index contributed by atoms with van der Waals surface area (Å²) in [4.78, 5) is 21.3. The molecule has 20 heavy (non-hydrogen) atoms. The molecule has 0 fully saturated rings. The van der Waals surface area contributed by atoms with Crippen molar-refractivity contribution in [3.8, 4) is 0 Å². The van der Waals surface area contributed by atoms with Crippen LogP contribution in [0.25, 0.3) is 0 Å². The van der Waals surface area contributed by atoms with Gasteiger partial charge in [-0.1, -0.05) is 6.07 Å². The zero-order valence-corrected chi connectivity index (χ0v) is 14.4. The van der Waals surface area contributed by atoms with Gasteiger partial charge in [-0.2, -0.15) is 0 Å². The van der Waals surface area contributed by atoms with Gasteiger partial charge in [0.05, 0.1) is 12.2 Å². The van der Waals surface area contributed by atoms with Gasteiger partial charge < -0.3 is 15.5 Å². The second kappa shape index (κ2) is 10.4. The number of amides is 1. The molecule has 112 valence electrons. The summed E-state index contributed by atoms with van der Waals surface area (Å²) in [6.07, 6.45) is 2.19. The van der Waals surface area contributed by atoms with Crippen LogP contribution >= 0.6 is 24.0 Å². The summed E-state index contributed by atoms with van der Waals surface area (Å²) in [7, 11) is 5.19. The molecular weight excluding hydrogens is 369 g/mol. The van der Waals surface area contributed by atoms with E-state index < -0.39 is 0 Å². The largest absolute Gasteiger partial charge is 0.356 e. The molecule has 1 aromatic rings. The summed E-state index contributed by atoms with van der Waals surface area (Å²) in [5.74, 6) is 0.755. The Hall–Kier alpha value is -1.38. The number of guanidine groups is 1. The maximum atomic E-state index is 11.4. The highest BCUT2D eigenvalue weighted by Crippen LogP contribution is 1.91. The number of aliphatic imine (C=N–C) groups is 1. The molecule has 1 heterocycles. The number of nitrogens with one attached hydrogen (secondary N) is 2.